The van der Waals surface area contributed by atoms with Crippen molar-refractivity contribution in [3.05, 3.63) is 24.3 Å². The quantitative estimate of drug-likeness (QED) is 0.669. The summed E-state index contributed by atoms with van der Waals surface area (Å²) in [5.74, 6) is 1.60. The second-order valence-electron chi connectivity index (χ2n) is 9.28. The second-order valence-corrected chi connectivity index (χ2v) is 9.28. The van der Waals surface area contributed by atoms with E-state index in [0.717, 1.165) is 19.3 Å². The first-order valence-corrected chi connectivity index (χ1v) is 10.8. The number of rotatable bonds is 7. The number of hydrogen-bond donors (Lipinski definition) is 2. The first kappa shape index (κ1) is 20.7. The normalized spacial score (nSPS) is 29.7. The number of anilines is 1. The van der Waals surface area contributed by atoms with Crippen molar-refractivity contribution in [1.29, 1.82) is 0 Å². The lowest BCUT2D eigenvalue weighted by molar-refractivity contribution is -0.154. The van der Waals surface area contributed by atoms with E-state index in [0.29, 0.717) is 29.2 Å². The van der Waals surface area contributed by atoms with Gasteiger partial charge in [0.2, 0.25) is 5.91 Å². The highest BCUT2D eigenvalue weighted by molar-refractivity contribution is 5.94. The van der Waals surface area contributed by atoms with Crippen molar-refractivity contribution in [2.75, 3.05) is 19.0 Å². The van der Waals surface area contributed by atoms with E-state index in [2.05, 4.69) is 10.6 Å². The molecule has 0 spiro atoms. The number of carbonyl (C=O) groups excluding carboxylic acids is 3. The Kier molecular flexibility index (Phi) is 5.71. The number of methoxy groups -OCH3 is 1. The third-order valence-electron chi connectivity index (χ3n) is 6.94. The molecular weight excluding hydrogens is 384 g/mol. The van der Waals surface area contributed by atoms with Crippen LogP contribution in [0.3, 0.4) is 0 Å². The van der Waals surface area contributed by atoms with E-state index in [-0.39, 0.29) is 11.3 Å². The maximum Gasteiger partial charge on any atom is 0.328 e. The lowest BCUT2D eigenvalue weighted by atomic mass is 9.49. The summed E-state index contributed by atoms with van der Waals surface area (Å²) in [4.78, 5) is 37.4. The Bertz CT molecular complexity index is 784. The fourth-order valence-electron chi connectivity index (χ4n) is 5.93. The minimum absolute atomic E-state index is 0.0197. The van der Waals surface area contributed by atoms with Crippen LogP contribution in [-0.4, -0.2) is 37.5 Å². The maximum absolute atomic E-state index is 13.0. The molecule has 4 saturated carbocycles. The SMILES string of the molecule is COc1ccc(NC(=O)COC(=O)[C@H](C)NC(=O)C23CC4CC(CC(C4)C2)C3)cc1. The van der Waals surface area contributed by atoms with Crippen LogP contribution in [0.4, 0.5) is 5.69 Å². The highest BCUT2D eigenvalue weighted by atomic mass is 16.5. The number of carbonyl (C=O) groups is 3. The van der Waals surface area contributed by atoms with E-state index >= 15 is 0 Å². The van der Waals surface area contributed by atoms with Crippen LogP contribution in [0, 0.1) is 23.2 Å². The number of ether oxygens (including phenoxy) is 2. The van der Waals surface area contributed by atoms with Gasteiger partial charge in [0.05, 0.1) is 7.11 Å². The van der Waals surface area contributed by atoms with Crippen molar-refractivity contribution in [2.24, 2.45) is 23.2 Å². The van der Waals surface area contributed by atoms with Gasteiger partial charge in [0.15, 0.2) is 6.61 Å². The molecule has 0 heterocycles. The molecule has 1 atom stereocenters. The molecule has 0 aromatic heterocycles. The molecule has 0 radical (unpaired) electrons. The lowest BCUT2D eigenvalue weighted by Gasteiger charge is -2.55. The summed E-state index contributed by atoms with van der Waals surface area (Å²) in [6.07, 6.45) is 6.60. The van der Waals surface area contributed by atoms with Gasteiger partial charge in [-0.2, -0.15) is 0 Å². The van der Waals surface area contributed by atoms with E-state index in [1.54, 1.807) is 38.3 Å². The molecule has 0 unspecified atom stereocenters. The van der Waals surface area contributed by atoms with E-state index in [1.807, 2.05) is 0 Å². The van der Waals surface area contributed by atoms with Crippen LogP contribution in [-0.2, 0) is 19.1 Å². The Morgan fingerprint density at radius 2 is 1.60 bits per heavy atom. The highest BCUT2D eigenvalue weighted by Gasteiger charge is 2.54. The Morgan fingerprint density at radius 1 is 1.03 bits per heavy atom. The standard InChI is InChI=1S/C23H30N2O5/c1-14(21(27)30-13-20(26)25-18-3-5-19(29-2)6-4-18)24-22(28)23-10-15-7-16(11-23)9-17(8-15)12-23/h3-6,14-17H,7-13H2,1-2H3,(H,24,28)(H,25,26)/t14-,15?,16?,17?,23?/m0/s1. The minimum Gasteiger partial charge on any atom is -0.497 e. The highest BCUT2D eigenvalue weighted by Crippen LogP contribution is 2.60. The molecule has 0 saturated heterocycles. The Balaban J connectivity index is 1.24. The van der Waals surface area contributed by atoms with E-state index in [4.69, 9.17) is 9.47 Å². The van der Waals surface area contributed by atoms with Crippen molar-refractivity contribution >= 4 is 23.5 Å². The zero-order valence-electron chi connectivity index (χ0n) is 17.6. The van der Waals surface area contributed by atoms with Gasteiger partial charge < -0.3 is 20.1 Å². The van der Waals surface area contributed by atoms with E-state index in [9.17, 15) is 14.4 Å². The zero-order chi connectivity index (χ0) is 21.3. The second kappa shape index (κ2) is 8.28. The molecule has 0 aliphatic heterocycles. The predicted octanol–water partition coefficient (Wildman–Crippen LogP) is 2.90. The van der Waals surface area contributed by atoms with Gasteiger partial charge in [0, 0.05) is 11.1 Å². The van der Waals surface area contributed by atoms with Crippen LogP contribution >= 0.6 is 0 Å². The molecule has 2 amide bonds. The summed E-state index contributed by atoms with van der Waals surface area (Å²) in [5.41, 5.74) is 0.273. The van der Waals surface area contributed by atoms with Gasteiger partial charge >= 0.3 is 5.97 Å². The minimum atomic E-state index is -0.778. The predicted molar refractivity (Wildman–Crippen MR) is 111 cm³/mol. The topological polar surface area (TPSA) is 93.7 Å². The molecule has 2 N–H and O–H groups in total. The summed E-state index contributed by atoms with van der Waals surface area (Å²) in [7, 11) is 1.57. The van der Waals surface area contributed by atoms with Gasteiger partial charge in [0.25, 0.3) is 5.91 Å². The Morgan fingerprint density at radius 3 is 2.13 bits per heavy atom. The summed E-state index contributed by atoms with van der Waals surface area (Å²) >= 11 is 0. The number of nitrogens with one attached hydrogen (secondary N) is 2. The molecule has 162 valence electrons. The average molecular weight is 415 g/mol. The largest absolute Gasteiger partial charge is 0.497 e. The van der Waals surface area contributed by atoms with Gasteiger partial charge in [-0.3, -0.25) is 9.59 Å². The van der Waals surface area contributed by atoms with Crippen molar-refractivity contribution in [3.8, 4) is 5.75 Å². The van der Waals surface area contributed by atoms with Crippen molar-refractivity contribution in [1.82, 2.24) is 5.32 Å². The van der Waals surface area contributed by atoms with E-state index < -0.39 is 24.5 Å². The van der Waals surface area contributed by atoms with Crippen LogP contribution in [0.1, 0.15) is 45.4 Å². The Hall–Kier alpha value is -2.57. The fraction of sp³-hybridized carbons (Fsp3) is 0.609. The number of esters is 1. The molecule has 4 aliphatic rings. The van der Waals surface area contributed by atoms with Crippen molar-refractivity contribution in [2.45, 2.75) is 51.5 Å². The first-order valence-electron chi connectivity index (χ1n) is 10.8. The van der Waals surface area contributed by atoms with E-state index in [1.165, 1.54) is 19.3 Å². The van der Waals surface area contributed by atoms with Gasteiger partial charge in [-0.05, 0) is 87.5 Å². The van der Waals surface area contributed by atoms with Crippen LogP contribution in [0.25, 0.3) is 0 Å². The smallest absolute Gasteiger partial charge is 0.328 e. The molecule has 1 aromatic rings. The molecule has 4 aliphatic carbocycles. The monoisotopic (exact) mass is 414 g/mol. The van der Waals surface area contributed by atoms with Gasteiger partial charge in [0.1, 0.15) is 11.8 Å². The Labute approximate surface area is 176 Å². The molecule has 1 aromatic carbocycles. The van der Waals surface area contributed by atoms with Crippen LogP contribution < -0.4 is 15.4 Å². The molecule has 4 bridgehead atoms. The molecule has 7 nitrogen and oxygen atoms in total. The fourth-order valence-corrected chi connectivity index (χ4v) is 5.93. The van der Waals surface area contributed by atoms with Crippen molar-refractivity contribution < 1.29 is 23.9 Å². The summed E-state index contributed by atoms with van der Waals surface area (Å²) in [5, 5.41) is 5.52. The molecule has 4 fully saturated rings. The van der Waals surface area contributed by atoms with Crippen molar-refractivity contribution in [3.63, 3.8) is 0 Å². The number of hydrogen-bond acceptors (Lipinski definition) is 5. The van der Waals surface area contributed by atoms with Gasteiger partial charge in [-0.25, -0.2) is 4.79 Å². The first-order chi connectivity index (χ1) is 14.4. The molecule has 7 heteroatoms. The molecular formula is C23H30N2O5. The maximum atomic E-state index is 13.0. The van der Waals surface area contributed by atoms with Crippen LogP contribution in [0.5, 0.6) is 5.75 Å². The molecule has 5 rings (SSSR count). The number of benzene rings is 1. The van der Waals surface area contributed by atoms with Crippen LogP contribution in [0.15, 0.2) is 24.3 Å². The van der Waals surface area contributed by atoms with Gasteiger partial charge in [-0.15, -0.1) is 0 Å². The summed E-state index contributed by atoms with van der Waals surface area (Å²) in [6, 6.07) is 6.08. The molecule has 30 heavy (non-hydrogen) atoms. The summed E-state index contributed by atoms with van der Waals surface area (Å²) in [6.45, 7) is 1.21. The zero-order valence-corrected chi connectivity index (χ0v) is 17.6. The third-order valence-corrected chi connectivity index (χ3v) is 6.94. The van der Waals surface area contributed by atoms with Gasteiger partial charge in [-0.1, -0.05) is 0 Å². The number of amides is 2. The van der Waals surface area contributed by atoms with Crippen LogP contribution in [0.2, 0.25) is 0 Å². The average Bonchev–Trinajstić information content (AvgIpc) is 2.71. The lowest BCUT2D eigenvalue weighted by Crippen LogP contribution is -2.56. The summed E-state index contributed by atoms with van der Waals surface area (Å²) < 4.78 is 10.2. The third kappa shape index (κ3) is 4.30.